The van der Waals surface area contributed by atoms with Crippen molar-refractivity contribution >= 4 is 17.1 Å². The molecule has 2 rings (SSSR count). The van der Waals surface area contributed by atoms with Crippen molar-refractivity contribution in [2.45, 2.75) is 20.0 Å². The lowest BCUT2D eigenvalue weighted by atomic mass is 10.2. The zero-order valence-corrected chi connectivity index (χ0v) is 11.6. The van der Waals surface area contributed by atoms with E-state index < -0.39 is 17.5 Å². The van der Waals surface area contributed by atoms with E-state index in [-0.39, 0.29) is 28.9 Å². The van der Waals surface area contributed by atoms with Crippen molar-refractivity contribution in [2.75, 3.05) is 11.1 Å². The summed E-state index contributed by atoms with van der Waals surface area (Å²) in [5, 5.41) is 2.53. The van der Waals surface area contributed by atoms with Crippen LogP contribution < -0.4 is 15.8 Å². The van der Waals surface area contributed by atoms with Gasteiger partial charge in [-0.3, -0.25) is 0 Å². The Balaban J connectivity index is 2.40. The number of hydrogen-bond donors (Lipinski definition) is 2. The number of nitrogen functional groups attached to an aromatic ring is 1. The topological polar surface area (TPSA) is 47.3 Å². The Kier molecular flexibility index (Phi) is 4.26. The molecule has 0 heterocycles. The number of benzene rings is 2. The van der Waals surface area contributed by atoms with Crippen molar-refractivity contribution in [3.8, 4) is 5.75 Å². The van der Waals surface area contributed by atoms with Gasteiger partial charge in [0.05, 0.1) is 17.5 Å². The molecule has 0 fully saturated rings. The second-order valence-corrected chi connectivity index (χ2v) is 4.76. The van der Waals surface area contributed by atoms with Crippen LogP contribution in [0.3, 0.4) is 0 Å². The van der Waals surface area contributed by atoms with E-state index in [2.05, 4.69) is 5.32 Å². The summed E-state index contributed by atoms with van der Waals surface area (Å²) in [5.74, 6) is -2.23. The molecule has 0 saturated carbocycles. The molecule has 0 radical (unpaired) electrons. The molecule has 0 aliphatic rings. The fourth-order valence-corrected chi connectivity index (χ4v) is 1.77. The molecule has 0 aromatic heterocycles. The second kappa shape index (κ2) is 5.95. The van der Waals surface area contributed by atoms with E-state index in [1.165, 1.54) is 12.1 Å². The van der Waals surface area contributed by atoms with Gasteiger partial charge in [0, 0.05) is 12.1 Å². The van der Waals surface area contributed by atoms with E-state index in [1.54, 1.807) is 13.8 Å². The molecule has 3 nitrogen and oxygen atoms in total. The summed E-state index contributed by atoms with van der Waals surface area (Å²) in [6, 6.07) is 5.78. The highest BCUT2D eigenvalue weighted by Gasteiger charge is 2.14. The van der Waals surface area contributed by atoms with Crippen LogP contribution in [-0.2, 0) is 0 Å². The van der Waals surface area contributed by atoms with Crippen LogP contribution in [0.1, 0.15) is 13.8 Å². The number of ether oxygens (including phenoxy) is 1. The average Bonchev–Trinajstić information content (AvgIpc) is 2.38. The van der Waals surface area contributed by atoms with Crippen LogP contribution in [0.5, 0.6) is 5.75 Å². The lowest BCUT2D eigenvalue weighted by Crippen LogP contribution is -2.08. The number of hydrogen-bond acceptors (Lipinski definition) is 3. The van der Waals surface area contributed by atoms with Crippen molar-refractivity contribution in [3.63, 3.8) is 0 Å². The maximum absolute atomic E-state index is 13.7. The molecule has 112 valence electrons. The van der Waals surface area contributed by atoms with E-state index in [1.807, 2.05) is 0 Å². The number of nitrogens with two attached hydrogens (primary N) is 1. The largest absolute Gasteiger partial charge is 0.488 e. The minimum atomic E-state index is -0.773. The lowest BCUT2D eigenvalue weighted by Gasteiger charge is -2.15. The molecule has 6 heteroatoms. The molecule has 2 aromatic carbocycles. The van der Waals surface area contributed by atoms with E-state index >= 15 is 0 Å². The van der Waals surface area contributed by atoms with Crippen LogP contribution in [0.2, 0.25) is 0 Å². The van der Waals surface area contributed by atoms with Gasteiger partial charge < -0.3 is 15.8 Å². The van der Waals surface area contributed by atoms with Gasteiger partial charge in [0.1, 0.15) is 17.3 Å². The summed E-state index contributed by atoms with van der Waals surface area (Å²) in [7, 11) is 0. The maximum Gasteiger partial charge on any atom is 0.167 e. The molecule has 0 spiro atoms. The van der Waals surface area contributed by atoms with Crippen molar-refractivity contribution in [1.29, 1.82) is 0 Å². The molecule has 0 saturated heterocycles. The zero-order chi connectivity index (χ0) is 15.6. The molecule has 0 aliphatic heterocycles. The highest BCUT2D eigenvalue weighted by atomic mass is 19.1. The molecular formula is C15H15F3N2O. The van der Waals surface area contributed by atoms with Gasteiger partial charge in [-0.2, -0.15) is 0 Å². The summed E-state index contributed by atoms with van der Waals surface area (Å²) < 4.78 is 46.2. The first-order valence-corrected chi connectivity index (χ1v) is 6.35. The molecule has 21 heavy (non-hydrogen) atoms. The number of anilines is 3. The Morgan fingerprint density at radius 2 is 1.67 bits per heavy atom. The van der Waals surface area contributed by atoms with Gasteiger partial charge in [-0.05, 0) is 26.0 Å². The molecule has 3 N–H and O–H groups in total. The van der Waals surface area contributed by atoms with E-state index in [0.717, 1.165) is 18.2 Å². The highest BCUT2D eigenvalue weighted by Crippen LogP contribution is 2.32. The molecule has 0 bridgehead atoms. The summed E-state index contributed by atoms with van der Waals surface area (Å²) in [4.78, 5) is 0. The standard InChI is InChI=1S/C15H15F3N2O/c1-8(2)21-14-7-13(12(19)6-11(14)18)20-15-9(16)4-3-5-10(15)17/h3-8,20H,19H2,1-2H3. The Morgan fingerprint density at radius 3 is 2.24 bits per heavy atom. The summed E-state index contributed by atoms with van der Waals surface area (Å²) in [5.41, 5.74) is 5.49. The van der Waals surface area contributed by atoms with Crippen LogP contribution in [0.15, 0.2) is 30.3 Å². The van der Waals surface area contributed by atoms with Crippen LogP contribution in [-0.4, -0.2) is 6.10 Å². The van der Waals surface area contributed by atoms with Crippen LogP contribution >= 0.6 is 0 Å². The molecule has 0 amide bonds. The smallest absolute Gasteiger partial charge is 0.167 e. The van der Waals surface area contributed by atoms with Gasteiger partial charge in [-0.15, -0.1) is 0 Å². The van der Waals surface area contributed by atoms with Gasteiger partial charge in [0.25, 0.3) is 0 Å². The molecule has 0 aliphatic carbocycles. The van der Waals surface area contributed by atoms with Gasteiger partial charge in [-0.1, -0.05) is 6.07 Å². The maximum atomic E-state index is 13.7. The predicted molar refractivity (Wildman–Crippen MR) is 76.2 cm³/mol. The third-order valence-corrected chi connectivity index (χ3v) is 2.69. The van der Waals surface area contributed by atoms with Crippen molar-refractivity contribution in [3.05, 3.63) is 47.8 Å². The summed E-state index contributed by atoms with van der Waals surface area (Å²) >= 11 is 0. The highest BCUT2D eigenvalue weighted by molar-refractivity contribution is 5.74. The monoisotopic (exact) mass is 296 g/mol. The van der Waals surface area contributed by atoms with E-state index in [0.29, 0.717) is 0 Å². The van der Waals surface area contributed by atoms with E-state index in [4.69, 9.17) is 10.5 Å². The first-order chi connectivity index (χ1) is 9.88. The van der Waals surface area contributed by atoms with E-state index in [9.17, 15) is 13.2 Å². The quantitative estimate of drug-likeness (QED) is 0.831. The number of rotatable bonds is 4. The van der Waals surface area contributed by atoms with Gasteiger partial charge in [-0.25, -0.2) is 13.2 Å². The van der Waals surface area contributed by atoms with Gasteiger partial charge in [0.2, 0.25) is 0 Å². The normalized spacial score (nSPS) is 10.8. The Labute approximate surface area is 120 Å². The third kappa shape index (κ3) is 3.39. The minimum absolute atomic E-state index is 0.0197. The molecular weight excluding hydrogens is 281 g/mol. The molecule has 0 unspecified atom stereocenters. The fraction of sp³-hybridized carbons (Fsp3) is 0.200. The summed E-state index contributed by atoms with van der Waals surface area (Å²) in [6.07, 6.45) is -0.249. The third-order valence-electron chi connectivity index (χ3n) is 2.69. The first-order valence-electron chi connectivity index (χ1n) is 6.35. The molecule has 2 aromatic rings. The first kappa shape index (κ1) is 15.0. The second-order valence-electron chi connectivity index (χ2n) is 4.76. The van der Waals surface area contributed by atoms with Gasteiger partial charge >= 0.3 is 0 Å². The van der Waals surface area contributed by atoms with Crippen molar-refractivity contribution in [2.24, 2.45) is 0 Å². The van der Waals surface area contributed by atoms with Crippen LogP contribution in [0.25, 0.3) is 0 Å². The number of para-hydroxylation sites is 1. The average molecular weight is 296 g/mol. The zero-order valence-electron chi connectivity index (χ0n) is 11.6. The Bertz CT molecular complexity index is 639. The number of halogens is 3. The van der Waals surface area contributed by atoms with Crippen molar-refractivity contribution in [1.82, 2.24) is 0 Å². The minimum Gasteiger partial charge on any atom is -0.488 e. The Morgan fingerprint density at radius 1 is 1.05 bits per heavy atom. The summed E-state index contributed by atoms with van der Waals surface area (Å²) in [6.45, 7) is 3.47. The van der Waals surface area contributed by atoms with Crippen LogP contribution in [0.4, 0.5) is 30.2 Å². The Hall–Kier alpha value is -2.37. The SMILES string of the molecule is CC(C)Oc1cc(Nc2c(F)cccc2F)c(N)cc1F. The lowest BCUT2D eigenvalue weighted by molar-refractivity contribution is 0.231. The van der Waals surface area contributed by atoms with Crippen molar-refractivity contribution < 1.29 is 17.9 Å². The molecule has 0 atom stereocenters. The van der Waals surface area contributed by atoms with Gasteiger partial charge in [0.15, 0.2) is 11.6 Å². The number of nitrogens with one attached hydrogen (secondary N) is 1. The van der Waals surface area contributed by atoms with Crippen LogP contribution in [0, 0.1) is 17.5 Å². The fourth-order valence-electron chi connectivity index (χ4n) is 1.77. The predicted octanol–water partition coefficient (Wildman–Crippen LogP) is 4.22.